The van der Waals surface area contributed by atoms with Crippen molar-refractivity contribution in [2.24, 2.45) is 0 Å². The molecule has 28 heteroatoms. The molecule has 0 bridgehead atoms. The van der Waals surface area contributed by atoms with Gasteiger partial charge in [-0.15, -0.1) is 0 Å². The maximum atomic E-state index is 15.7. The Morgan fingerprint density at radius 2 is 0.989 bits per heavy atom. The molecule has 0 fully saturated rings. The van der Waals surface area contributed by atoms with Gasteiger partial charge >= 0.3 is 31.9 Å². The summed E-state index contributed by atoms with van der Waals surface area (Å²) in [7, 11) is -4.01. The van der Waals surface area contributed by atoms with E-state index in [4.69, 9.17) is 51.9 Å². The number of carbonyl (C=O) groups excluding carboxylic acids is 3. The third-order valence-electron chi connectivity index (χ3n) is 13.6. The molecular weight excluding hydrogens is 1210 g/mol. The van der Waals surface area contributed by atoms with Crippen molar-refractivity contribution < 1.29 is 90.9 Å². The largest absolute Gasteiger partial charge is 0.491 e. The maximum absolute atomic E-state index is 15.7. The molecule has 0 amide bonds. The minimum absolute atomic E-state index is 0.000495. The van der Waals surface area contributed by atoms with Gasteiger partial charge in [0.15, 0.2) is 0 Å². The number of nitrogens with zero attached hydrogens (tertiary/aromatic N) is 6. The third-order valence-corrected chi connectivity index (χ3v) is 15.5. The Kier molecular flexibility index (Phi) is 27.4. The number of esters is 3. The Labute approximate surface area is 535 Å². The molecule has 6 aromatic rings. The number of aromatic nitrogens is 3. The number of hydrogen-bond acceptors (Lipinski definition) is 25. The van der Waals surface area contributed by atoms with Crippen LogP contribution in [0, 0.1) is 34.0 Å². The van der Waals surface area contributed by atoms with Crippen molar-refractivity contribution in [3.8, 4) is 70.7 Å². The first-order chi connectivity index (χ1) is 44.2. The predicted molar refractivity (Wildman–Crippen MR) is 333 cm³/mol. The first-order valence-corrected chi connectivity index (χ1v) is 30.2. The summed E-state index contributed by atoms with van der Waals surface area (Å²) < 4.78 is 80.0. The van der Waals surface area contributed by atoms with Crippen molar-refractivity contribution >= 4 is 53.7 Å². The summed E-state index contributed by atoms with van der Waals surface area (Å²) in [6.45, 7) is 7.03. The van der Waals surface area contributed by atoms with Crippen LogP contribution < -0.4 is 39.3 Å². The van der Waals surface area contributed by atoms with Crippen LogP contribution in [-0.4, -0.2) is 122 Å². The highest BCUT2D eigenvalue weighted by atomic mass is 32.2. The lowest BCUT2D eigenvalue weighted by atomic mass is 9.45. The molecule has 0 saturated heterocycles. The molecule has 482 valence electrons. The number of hydrogen-bond donors (Lipinski definition) is 4. The smallest absolute Gasteiger partial charge is 0.473 e. The first kappa shape index (κ1) is 71.6. The second kappa shape index (κ2) is 35.2. The molecule has 0 aliphatic rings. The minimum Gasteiger partial charge on any atom is -0.473 e. The van der Waals surface area contributed by atoms with Gasteiger partial charge in [-0.3, -0.25) is 18.6 Å². The highest BCUT2D eigenvalue weighted by Gasteiger charge is 2.50. The summed E-state index contributed by atoms with van der Waals surface area (Å²) in [5.41, 5.74) is -0.368. The average Bonchev–Trinajstić information content (AvgIpc) is 0.776. The van der Waals surface area contributed by atoms with E-state index < -0.39 is 73.0 Å². The lowest BCUT2D eigenvalue weighted by Gasteiger charge is -2.42. The number of carbonyl (C=O) groups is 3. The minimum atomic E-state index is -2.20. The molecule has 0 aliphatic heterocycles. The summed E-state index contributed by atoms with van der Waals surface area (Å²) in [4.78, 5) is 45.4. The zero-order valence-electron chi connectivity index (χ0n) is 51.9. The van der Waals surface area contributed by atoms with Crippen molar-refractivity contribution in [3.05, 3.63) is 137 Å². The van der Waals surface area contributed by atoms with Crippen molar-refractivity contribution in [3.63, 3.8) is 0 Å². The normalized spacial score (nSPS) is 12.6. The van der Waals surface area contributed by atoms with E-state index in [1.165, 1.54) is 99.6 Å². The number of nitriles is 3. The van der Waals surface area contributed by atoms with Gasteiger partial charge in [0.05, 0.1) is 36.1 Å². The van der Waals surface area contributed by atoms with Crippen molar-refractivity contribution in [2.75, 3.05) is 39.6 Å². The summed E-state index contributed by atoms with van der Waals surface area (Å²) in [5, 5.41) is 74.9. The topological polar surface area (TPSA) is 361 Å². The zero-order valence-corrected chi connectivity index (χ0v) is 52.7. The molecule has 3 unspecified atom stereocenters. The monoisotopic (exact) mass is 1280 g/mol. The summed E-state index contributed by atoms with van der Waals surface area (Å²) >= 11 is 0. The molecular formula is C64H70B2N6O19S. The number of unbranched alkanes of at least 4 members (excludes halogenated alkanes) is 2. The molecule has 0 saturated carbocycles. The standard InChI is InChI=1S/C64H70B2N6O19S/c1-8-10-12-25-63(6,90-66(79)55-20-17-52(34-49(55)40-74)88-58-23-14-46(37-68)61(71-58)85-31-28-82-43(4)77)65(54-19-16-51(33-48(54)39-73)87-57-22-13-45(36-67)60(70-57)84-30-27-81-42(3)76)91-64(7,26-11-9-2)92(80)56-21-18-53(35-50(56)41-75)89-59-24-15-47(38-69)62(72-59)86-32-29-83-44(5)78/h9,11,13-24,33-35,73-75,79H,8,10,12,25-32,39-41H2,1-7H3/b11-9-. The van der Waals surface area contributed by atoms with Crippen molar-refractivity contribution in [2.45, 2.75) is 116 Å². The lowest BCUT2D eigenvalue weighted by Crippen LogP contribution is -2.62. The SMILES string of the molecule is C/C=C\CC(C)(OB(c1ccc(Oc2ccc(C#N)c(OCCOC(C)=O)n2)cc1CO)C(C)(CCCCC)OB(O)c1ccc(Oc2ccc(C#N)c(OCCOC(C)=O)n2)cc1CO)S(=O)c1ccc(Oc2ccc(C#N)c(OCCOC(C)=O)n2)cc1CO. The maximum Gasteiger partial charge on any atom is 0.491 e. The van der Waals surface area contributed by atoms with Gasteiger partial charge in [-0.2, -0.15) is 30.7 Å². The van der Waals surface area contributed by atoms with Crippen LogP contribution in [0.2, 0.25) is 0 Å². The van der Waals surface area contributed by atoms with E-state index in [-0.39, 0.29) is 149 Å². The molecule has 0 radical (unpaired) electrons. The molecule has 0 spiro atoms. The fourth-order valence-corrected chi connectivity index (χ4v) is 10.6. The molecule has 0 aliphatic carbocycles. The zero-order chi connectivity index (χ0) is 66.8. The van der Waals surface area contributed by atoms with Crippen molar-refractivity contribution in [1.29, 1.82) is 15.8 Å². The Balaban J connectivity index is 1.43. The number of allylic oxidation sites excluding steroid dienone is 1. The van der Waals surface area contributed by atoms with Crippen LogP contribution in [0.15, 0.2) is 108 Å². The van der Waals surface area contributed by atoms with Gasteiger partial charge in [0, 0.05) is 50.3 Å². The summed E-state index contributed by atoms with van der Waals surface area (Å²) in [6, 6.07) is 28.2. The third kappa shape index (κ3) is 20.3. The van der Waals surface area contributed by atoms with E-state index in [9.17, 15) is 50.5 Å². The summed E-state index contributed by atoms with van der Waals surface area (Å²) in [5.74, 6) is -1.32. The molecule has 3 aromatic carbocycles. The van der Waals surface area contributed by atoms with E-state index in [0.717, 1.165) is 6.42 Å². The van der Waals surface area contributed by atoms with E-state index in [0.29, 0.717) is 18.3 Å². The Morgan fingerprint density at radius 3 is 1.39 bits per heavy atom. The van der Waals surface area contributed by atoms with Gasteiger partial charge in [-0.25, -0.2) is 0 Å². The predicted octanol–water partition coefficient (Wildman–Crippen LogP) is 7.15. The van der Waals surface area contributed by atoms with Crippen LogP contribution >= 0.6 is 0 Å². The lowest BCUT2D eigenvalue weighted by molar-refractivity contribution is -0.142. The quantitative estimate of drug-likeness (QED) is 0.00996. The second-order valence-corrected chi connectivity index (χ2v) is 22.4. The van der Waals surface area contributed by atoms with E-state index in [1.54, 1.807) is 45.1 Å². The number of ether oxygens (including phenoxy) is 9. The van der Waals surface area contributed by atoms with Crippen LogP contribution in [0.25, 0.3) is 0 Å². The molecule has 92 heavy (non-hydrogen) atoms. The van der Waals surface area contributed by atoms with Crippen LogP contribution in [0.5, 0.6) is 52.5 Å². The van der Waals surface area contributed by atoms with E-state index in [2.05, 4.69) is 15.0 Å². The molecule has 6 rings (SSSR count). The number of pyridine rings is 3. The van der Waals surface area contributed by atoms with Crippen LogP contribution in [0.4, 0.5) is 0 Å². The highest BCUT2D eigenvalue weighted by Crippen LogP contribution is 2.38. The first-order valence-electron chi connectivity index (χ1n) is 29.1. The molecule has 3 heterocycles. The number of aliphatic hydroxyl groups is 3. The van der Waals surface area contributed by atoms with Crippen LogP contribution in [0.1, 0.15) is 114 Å². The van der Waals surface area contributed by atoms with Crippen LogP contribution in [0.3, 0.4) is 0 Å². The Morgan fingerprint density at radius 1 is 0.576 bits per heavy atom. The second-order valence-electron chi connectivity index (χ2n) is 20.6. The van der Waals surface area contributed by atoms with Gasteiger partial charge < -0.3 is 72.3 Å². The summed E-state index contributed by atoms with van der Waals surface area (Å²) in [6.07, 6.45) is 5.60. The number of aliphatic hydroxyl groups excluding tert-OH is 3. The average molecular weight is 1280 g/mol. The van der Waals surface area contributed by atoms with Gasteiger partial charge in [-0.05, 0) is 115 Å². The van der Waals surface area contributed by atoms with Crippen LogP contribution in [-0.2, 0) is 68.5 Å². The number of rotatable bonds is 36. The molecule has 25 nitrogen and oxygen atoms in total. The highest BCUT2D eigenvalue weighted by molar-refractivity contribution is 7.86. The van der Waals surface area contributed by atoms with Crippen molar-refractivity contribution in [1.82, 2.24) is 15.0 Å². The Hall–Kier alpha value is -9.43. The van der Waals surface area contributed by atoms with Gasteiger partial charge in [0.1, 0.15) is 96.7 Å². The fourth-order valence-electron chi connectivity index (χ4n) is 9.14. The Bertz CT molecular complexity index is 3730. The molecule has 4 N–H and O–H groups in total. The number of benzene rings is 3. The van der Waals surface area contributed by atoms with E-state index >= 15 is 4.21 Å². The van der Waals surface area contributed by atoms with E-state index in [1.807, 2.05) is 25.1 Å². The van der Waals surface area contributed by atoms with Gasteiger partial charge in [0.25, 0.3) is 0 Å². The van der Waals surface area contributed by atoms with Gasteiger partial charge in [0.2, 0.25) is 35.3 Å². The fraction of sp³-hybridized carbons (Fsp3) is 0.359. The van der Waals surface area contributed by atoms with Gasteiger partial charge in [-0.1, -0.05) is 50.5 Å². The molecule has 3 aromatic heterocycles. The molecule has 3 atom stereocenters.